The van der Waals surface area contributed by atoms with Gasteiger partial charge in [-0.15, -0.1) is 10.2 Å². The van der Waals surface area contributed by atoms with Crippen molar-refractivity contribution in [3.05, 3.63) is 60.4 Å². The van der Waals surface area contributed by atoms with Crippen LogP contribution in [0.25, 0.3) is 22.8 Å². The summed E-state index contributed by atoms with van der Waals surface area (Å²) in [7, 11) is 0. The molecule has 2 aromatic heterocycles. The third kappa shape index (κ3) is 2.33. The molecule has 0 aliphatic carbocycles. The molecule has 0 N–H and O–H groups in total. The summed E-state index contributed by atoms with van der Waals surface area (Å²) in [6, 6.07) is 15.6. The van der Waals surface area contributed by atoms with Crippen LogP contribution in [0, 0.1) is 6.92 Å². The monoisotopic (exact) mass is 248 g/mol. The van der Waals surface area contributed by atoms with Crippen LogP contribution in [-0.2, 0) is 0 Å². The molecule has 4 heteroatoms. The fraction of sp³-hybridized carbons (Fsp3) is 0.0667. The maximum Gasteiger partial charge on any atom is 0.200 e. The molecule has 2 heterocycles. The van der Waals surface area contributed by atoms with Crippen LogP contribution in [-0.4, -0.2) is 20.2 Å². The molecule has 92 valence electrons. The zero-order valence-corrected chi connectivity index (χ0v) is 10.5. The molecule has 1 aromatic carbocycles. The van der Waals surface area contributed by atoms with Crippen molar-refractivity contribution < 1.29 is 0 Å². The summed E-state index contributed by atoms with van der Waals surface area (Å²) in [5.41, 5.74) is 3.41. The van der Waals surface area contributed by atoms with Crippen molar-refractivity contribution in [3.8, 4) is 22.8 Å². The van der Waals surface area contributed by atoms with Gasteiger partial charge in [-0.25, -0.2) is 4.98 Å². The van der Waals surface area contributed by atoms with Crippen molar-refractivity contribution in [1.82, 2.24) is 20.2 Å². The summed E-state index contributed by atoms with van der Waals surface area (Å²) in [4.78, 5) is 8.71. The smallest absolute Gasteiger partial charge is 0.200 e. The van der Waals surface area contributed by atoms with Gasteiger partial charge in [0, 0.05) is 11.8 Å². The lowest BCUT2D eigenvalue weighted by atomic mass is 10.1. The second kappa shape index (κ2) is 4.94. The van der Waals surface area contributed by atoms with Gasteiger partial charge in [0.25, 0.3) is 0 Å². The number of aryl methyl sites for hydroxylation is 1. The largest absolute Gasteiger partial charge is 0.253 e. The van der Waals surface area contributed by atoms with Crippen molar-refractivity contribution in [2.45, 2.75) is 6.92 Å². The van der Waals surface area contributed by atoms with Gasteiger partial charge in [-0.3, -0.25) is 4.98 Å². The second-order valence-electron chi connectivity index (χ2n) is 4.15. The Morgan fingerprint density at radius 1 is 0.842 bits per heavy atom. The van der Waals surface area contributed by atoms with E-state index in [0.717, 1.165) is 22.6 Å². The van der Waals surface area contributed by atoms with Gasteiger partial charge >= 0.3 is 0 Å². The minimum atomic E-state index is 0.554. The van der Waals surface area contributed by atoms with Crippen molar-refractivity contribution in [2.24, 2.45) is 0 Å². The number of benzene rings is 1. The number of rotatable bonds is 2. The van der Waals surface area contributed by atoms with Crippen LogP contribution in [0.1, 0.15) is 5.69 Å². The van der Waals surface area contributed by atoms with Gasteiger partial charge in [0.1, 0.15) is 11.4 Å². The Hall–Kier alpha value is -2.62. The van der Waals surface area contributed by atoms with E-state index in [-0.39, 0.29) is 0 Å². The second-order valence-corrected chi connectivity index (χ2v) is 4.15. The molecule has 0 atom stereocenters. The SMILES string of the molecule is Cc1nc(-c2ccccn2)nnc1-c1ccccc1. The Kier molecular flexibility index (Phi) is 2.98. The maximum absolute atomic E-state index is 4.48. The molecule has 0 bridgehead atoms. The third-order valence-electron chi connectivity index (χ3n) is 2.80. The molecule has 0 saturated carbocycles. The van der Waals surface area contributed by atoms with Crippen molar-refractivity contribution in [2.75, 3.05) is 0 Å². The number of hydrogen-bond donors (Lipinski definition) is 0. The van der Waals surface area contributed by atoms with Gasteiger partial charge in [0.2, 0.25) is 5.82 Å². The van der Waals surface area contributed by atoms with E-state index in [1.807, 2.05) is 55.5 Å². The Balaban J connectivity index is 2.04. The first-order valence-corrected chi connectivity index (χ1v) is 6.03. The molecular formula is C15H12N4. The van der Waals surface area contributed by atoms with E-state index in [2.05, 4.69) is 20.2 Å². The van der Waals surface area contributed by atoms with Crippen molar-refractivity contribution in [3.63, 3.8) is 0 Å². The first-order valence-electron chi connectivity index (χ1n) is 6.03. The lowest BCUT2D eigenvalue weighted by Crippen LogP contribution is -2.00. The van der Waals surface area contributed by atoms with Crippen LogP contribution in [0.15, 0.2) is 54.7 Å². The Labute approximate surface area is 111 Å². The first-order chi connectivity index (χ1) is 9.34. The Bertz CT molecular complexity index is 681. The van der Waals surface area contributed by atoms with E-state index in [1.165, 1.54) is 0 Å². The van der Waals surface area contributed by atoms with E-state index in [4.69, 9.17) is 0 Å². The number of aromatic nitrogens is 4. The average Bonchev–Trinajstić information content (AvgIpc) is 2.49. The molecule has 0 unspecified atom stereocenters. The summed E-state index contributed by atoms with van der Waals surface area (Å²) < 4.78 is 0. The van der Waals surface area contributed by atoms with Gasteiger partial charge in [0.05, 0.1) is 5.69 Å². The summed E-state index contributed by atoms with van der Waals surface area (Å²) in [6.45, 7) is 1.93. The average molecular weight is 248 g/mol. The zero-order chi connectivity index (χ0) is 13.1. The minimum absolute atomic E-state index is 0.554. The van der Waals surface area contributed by atoms with Crippen molar-refractivity contribution >= 4 is 0 Å². The van der Waals surface area contributed by atoms with Crippen LogP contribution in [0.2, 0.25) is 0 Å². The number of nitrogens with zero attached hydrogens (tertiary/aromatic N) is 4. The van der Waals surface area contributed by atoms with Crippen LogP contribution >= 0.6 is 0 Å². The van der Waals surface area contributed by atoms with Crippen LogP contribution < -0.4 is 0 Å². The molecule has 0 spiro atoms. The van der Waals surface area contributed by atoms with E-state index in [0.29, 0.717) is 5.82 Å². The predicted molar refractivity (Wildman–Crippen MR) is 73.2 cm³/mol. The molecule has 0 radical (unpaired) electrons. The van der Waals surface area contributed by atoms with Gasteiger partial charge in [-0.2, -0.15) is 0 Å². The zero-order valence-electron chi connectivity index (χ0n) is 10.5. The lowest BCUT2D eigenvalue weighted by Gasteiger charge is -2.05. The molecule has 0 aliphatic rings. The van der Waals surface area contributed by atoms with Gasteiger partial charge < -0.3 is 0 Å². The summed E-state index contributed by atoms with van der Waals surface area (Å²) in [5.74, 6) is 0.554. The molecule has 0 aliphatic heterocycles. The fourth-order valence-corrected chi connectivity index (χ4v) is 1.87. The fourth-order valence-electron chi connectivity index (χ4n) is 1.87. The molecule has 0 fully saturated rings. The predicted octanol–water partition coefficient (Wildman–Crippen LogP) is 2.91. The number of pyridine rings is 1. The Morgan fingerprint density at radius 2 is 1.63 bits per heavy atom. The van der Waals surface area contributed by atoms with Crippen LogP contribution in [0.4, 0.5) is 0 Å². The van der Waals surface area contributed by atoms with E-state index in [9.17, 15) is 0 Å². The Morgan fingerprint density at radius 3 is 2.32 bits per heavy atom. The van der Waals surface area contributed by atoms with Gasteiger partial charge in [-0.1, -0.05) is 36.4 Å². The minimum Gasteiger partial charge on any atom is -0.253 e. The highest BCUT2D eigenvalue weighted by Gasteiger charge is 2.09. The third-order valence-corrected chi connectivity index (χ3v) is 2.80. The van der Waals surface area contributed by atoms with Crippen molar-refractivity contribution in [1.29, 1.82) is 0 Å². The molecule has 19 heavy (non-hydrogen) atoms. The molecule has 4 nitrogen and oxygen atoms in total. The normalized spacial score (nSPS) is 10.4. The van der Waals surface area contributed by atoms with Gasteiger partial charge in [0.15, 0.2) is 0 Å². The molecular weight excluding hydrogens is 236 g/mol. The highest BCUT2D eigenvalue weighted by molar-refractivity contribution is 5.61. The summed E-state index contributed by atoms with van der Waals surface area (Å²) in [5, 5.41) is 8.43. The number of hydrogen-bond acceptors (Lipinski definition) is 4. The summed E-state index contributed by atoms with van der Waals surface area (Å²) >= 11 is 0. The molecule has 3 aromatic rings. The van der Waals surface area contributed by atoms with Crippen LogP contribution in [0.3, 0.4) is 0 Å². The van der Waals surface area contributed by atoms with E-state index >= 15 is 0 Å². The molecule has 0 saturated heterocycles. The standard InChI is InChI=1S/C15H12N4/c1-11-14(12-7-3-2-4-8-12)18-19-15(17-11)13-9-5-6-10-16-13/h2-10H,1H3. The summed E-state index contributed by atoms with van der Waals surface area (Å²) in [6.07, 6.45) is 1.72. The quantitative estimate of drug-likeness (QED) is 0.699. The van der Waals surface area contributed by atoms with Gasteiger partial charge in [-0.05, 0) is 19.1 Å². The van der Waals surface area contributed by atoms with E-state index < -0.39 is 0 Å². The molecule has 0 amide bonds. The lowest BCUT2D eigenvalue weighted by molar-refractivity contribution is 0.950. The van der Waals surface area contributed by atoms with E-state index in [1.54, 1.807) is 6.20 Å². The maximum atomic E-state index is 4.48. The van der Waals surface area contributed by atoms with Crippen LogP contribution in [0.5, 0.6) is 0 Å². The highest BCUT2D eigenvalue weighted by Crippen LogP contribution is 2.20. The highest BCUT2D eigenvalue weighted by atomic mass is 15.2. The molecule has 3 rings (SSSR count). The first kappa shape index (κ1) is 11.5. The topological polar surface area (TPSA) is 51.6 Å².